The normalized spacial score (nSPS) is 20.9. The quantitative estimate of drug-likeness (QED) is 0.457. The zero-order valence-corrected chi connectivity index (χ0v) is 21.6. The molecule has 0 radical (unpaired) electrons. The lowest BCUT2D eigenvalue weighted by molar-refractivity contribution is -0.141. The largest absolute Gasteiger partial charge is 0.433 e. The van der Waals surface area contributed by atoms with Crippen molar-refractivity contribution in [1.29, 1.82) is 0 Å². The van der Waals surface area contributed by atoms with E-state index in [0.29, 0.717) is 43.0 Å². The molecule has 1 aromatic carbocycles. The first kappa shape index (κ1) is 23.8. The summed E-state index contributed by atoms with van der Waals surface area (Å²) >= 11 is 7.08. The molecule has 1 saturated carbocycles. The summed E-state index contributed by atoms with van der Waals surface area (Å²) in [7, 11) is 0. The van der Waals surface area contributed by atoms with E-state index in [1.165, 1.54) is 6.07 Å². The molecule has 3 heterocycles. The first-order valence-electron chi connectivity index (χ1n) is 11.1. The Kier molecular flexibility index (Phi) is 5.82. The summed E-state index contributed by atoms with van der Waals surface area (Å²) < 4.78 is 40.9. The second-order valence-electron chi connectivity index (χ2n) is 9.49. The van der Waals surface area contributed by atoms with Crippen molar-refractivity contribution in [3.05, 3.63) is 57.3 Å². The molecule has 1 amide bonds. The van der Waals surface area contributed by atoms with Gasteiger partial charge in [-0.1, -0.05) is 44.8 Å². The number of carbonyl (C=O) groups excluding carboxylic acids is 1. The van der Waals surface area contributed by atoms with Crippen LogP contribution >= 0.6 is 31.9 Å². The van der Waals surface area contributed by atoms with Gasteiger partial charge in [0.05, 0.1) is 5.69 Å². The van der Waals surface area contributed by atoms with Gasteiger partial charge in [-0.2, -0.15) is 13.2 Å². The number of alkyl halides is 4. The van der Waals surface area contributed by atoms with Gasteiger partial charge in [0.25, 0.3) is 5.91 Å². The number of amidine groups is 1. The Morgan fingerprint density at radius 2 is 1.82 bits per heavy atom. The van der Waals surface area contributed by atoms with Gasteiger partial charge in [-0.05, 0) is 55.5 Å². The van der Waals surface area contributed by atoms with Gasteiger partial charge in [0.2, 0.25) is 0 Å². The van der Waals surface area contributed by atoms with Crippen molar-refractivity contribution in [3.63, 3.8) is 0 Å². The van der Waals surface area contributed by atoms with Crippen molar-refractivity contribution >= 4 is 49.3 Å². The molecule has 2 aromatic rings. The first-order valence-corrected chi connectivity index (χ1v) is 13.1. The molecule has 2 fully saturated rings. The van der Waals surface area contributed by atoms with Crippen molar-refractivity contribution in [3.8, 4) is 0 Å². The molecule has 5 rings (SSSR count). The molecule has 0 unspecified atom stereocenters. The lowest BCUT2D eigenvalue weighted by Crippen LogP contribution is -2.49. The molecule has 1 N–H and O–H groups in total. The number of halogens is 5. The third-order valence-electron chi connectivity index (χ3n) is 7.12. The van der Waals surface area contributed by atoms with Gasteiger partial charge in [0.1, 0.15) is 17.1 Å². The van der Waals surface area contributed by atoms with E-state index < -0.39 is 22.8 Å². The van der Waals surface area contributed by atoms with Crippen LogP contribution in [0.1, 0.15) is 55.1 Å². The number of aliphatic imine (C=N–C) groups is 1. The second-order valence-corrected chi connectivity index (χ2v) is 11.0. The zero-order chi connectivity index (χ0) is 24.3. The number of pyridine rings is 1. The summed E-state index contributed by atoms with van der Waals surface area (Å²) in [5.74, 6) is 0.148. The third-order valence-corrected chi connectivity index (χ3v) is 8.21. The van der Waals surface area contributed by atoms with Crippen LogP contribution in [0.15, 0.2) is 39.8 Å². The van der Waals surface area contributed by atoms with Crippen LogP contribution in [-0.4, -0.2) is 35.4 Å². The molecule has 10 heteroatoms. The predicted octanol–water partition coefficient (Wildman–Crippen LogP) is 5.72. The van der Waals surface area contributed by atoms with Gasteiger partial charge < -0.3 is 10.2 Å². The number of carbonyl (C=O) groups is 1. The topological polar surface area (TPSA) is 57.6 Å². The molecule has 5 nitrogen and oxygen atoms in total. The van der Waals surface area contributed by atoms with E-state index in [0.717, 1.165) is 40.0 Å². The standard InChI is InChI=1S/C24H23Br2F3N4O/c1-22(6-7-22)19-16(4-5-18(30-19)24(27,28)29)20-31-21(34)23(32-20)8-10-33(11-9-23)17-12-15(26)3-2-14(17)13-25/h2-5,12H,6-11,13H2,1H3,(H,31,32,34). The molecule has 1 saturated heterocycles. The Morgan fingerprint density at radius 1 is 1.12 bits per heavy atom. The van der Waals surface area contributed by atoms with E-state index in [2.05, 4.69) is 59.2 Å². The minimum atomic E-state index is -4.52. The molecule has 3 aliphatic rings. The number of piperidine rings is 1. The highest BCUT2D eigenvalue weighted by Crippen LogP contribution is 2.49. The Hall–Kier alpha value is -1.94. The van der Waals surface area contributed by atoms with Gasteiger partial charge in [0, 0.05) is 39.6 Å². The molecule has 180 valence electrons. The number of rotatable bonds is 4. The molecular weight excluding hydrogens is 577 g/mol. The van der Waals surface area contributed by atoms with Crippen LogP contribution in [0.3, 0.4) is 0 Å². The number of aromatic nitrogens is 1. The minimum absolute atomic E-state index is 0.191. The van der Waals surface area contributed by atoms with Crippen molar-refractivity contribution in [1.82, 2.24) is 10.3 Å². The maximum absolute atomic E-state index is 13.3. The van der Waals surface area contributed by atoms with E-state index >= 15 is 0 Å². The fourth-order valence-corrected chi connectivity index (χ4v) is 5.56. The van der Waals surface area contributed by atoms with Crippen molar-refractivity contribution in [2.75, 3.05) is 18.0 Å². The van der Waals surface area contributed by atoms with Gasteiger partial charge in [0.15, 0.2) is 0 Å². The van der Waals surface area contributed by atoms with Gasteiger partial charge in [-0.3, -0.25) is 9.79 Å². The summed E-state index contributed by atoms with van der Waals surface area (Å²) in [4.78, 5) is 24.1. The van der Waals surface area contributed by atoms with Crippen LogP contribution < -0.4 is 10.2 Å². The molecule has 0 bridgehead atoms. The van der Waals surface area contributed by atoms with E-state index in [1.54, 1.807) is 0 Å². The first-order chi connectivity index (χ1) is 16.0. The van der Waals surface area contributed by atoms with Crippen molar-refractivity contribution in [2.45, 2.75) is 55.1 Å². The Balaban J connectivity index is 1.44. The van der Waals surface area contributed by atoms with E-state index in [1.807, 2.05) is 13.0 Å². The molecule has 0 atom stereocenters. The number of amides is 1. The fraction of sp³-hybridized carbons (Fsp3) is 0.458. The number of benzene rings is 1. The van der Waals surface area contributed by atoms with Crippen LogP contribution in [0.4, 0.5) is 18.9 Å². The number of hydrogen-bond acceptors (Lipinski definition) is 4. The smallest absolute Gasteiger partial charge is 0.371 e. The van der Waals surface area contributed by atoms with Crippen molar-refractivity contribution < 1.29 is 18.0 Å². The molecule has 1 aliphatic carbocycles. The Bertz CT molecular complexity index is 1190. The van der Waals surface area contributed by atoms with E-state index in [9.17, 15) is 18.0 Å². The second kappa shape index (κ2) is 8.33. The molecule has 2 aliphatic heterocycles. The van der Waals surface area contributed by atoms with Gasteiger partial charge >= 0.3 is 6.18 Å². The van der Waals surface area contributed by atoms with Crippen LogP contribution in [0.5, 0.6) is 0 Å². The Morgan fingerprint density at radius 3 is 2.44 bits per heavy atom. The van der Waals surface area contributed by atoms with Crippen LogP contribution in [0.25, 0.3) is 0 Å². The number of hydrogen-bond donors (Lipinski definition) is 1. The fourth-order valence-electron chi connectivity index (χ4n) is 4.74. The van der Waals surface area contributed by atoms with Crippen LogP contribution in [0, 0.1) is 0 Å². The Labute approximate surface area is 212 Å². The van der Waals surface area contributed by atoms with Crippen LogP contribution in [0.2, 0.25) is 0 Å². The minimum Gasteiger partial charge on any atom is -0.371 e. The molecular formula is C24H23Br2F3N4O. The molecule has 1 aromatic heterocycles. The maximum atomic E-state index is 13.3. The SMILES string of the molecule is CC1(c2nc(C(F)(F)F)ccc2C2=NC3(CCN(c4cc(Br)ccc4CBr)CC3)C(=O)N2)CC1. The highest BCUT2D eigenvalue weighted by molar-refractivity contribution is 9.10. The summed E-state index contributed by atoms with van der Waals surface area (Å²) in [5, 5.41) is 3.60. The van der Waals surface area contributed by atoms with E-state index in [-0.39, 0.29) is 5.91 Å². The lowest BCUT2D eigenvalue weighted by atomic mass is 9.87. The number of nitrogens with one attached hydrogen (secondary N) is 1. The summed E-state index contributed by atoms with van der Waals surface area (Å²) in [6, 6.07) is 8.53. The van der Waals surface area contributed by atoms with Gasteiger partial charge in [-0.25, -0.2) is 4.98 Å². The number of nitrogens with zero attached hydrogens (tertiary/aromatic N) is 3. The summed E-state index contributed by atoms with van der Waals surface area (Å²) in [6.07, 6.45) is -1.95. The monoisotopic (exact) mass is 598 g/mol. The summed E-state index contributed by atoms with van der Waals surface area (Å²) in [6.45, 7) is 3.21. The number of anilines is 1. The third kappa shape index (κ3) is 4.17. The lowest BCUT2D eigenvalue weighted by Gasteiger charge is -2.37. The zero-order valence-electron chi connectivity index (χ0n) is 18.5. The molecule has 34 heavy (non-hydrogen) atoms. The van der Waals surface area contributed by atoms with Crippen LogP contribution in [-0.2, 0) is 21.7 Å². The van der Waals surface area contributed by atoms with Gasteiger partial charge in [-0.15, -0.1) is 0 Å². The van der Waals surface area contributed by atoms with Crippen molar-refractivity contribution in [2.24, 2.45) is 4.99 Å². The predicted molar refractivity (Wildman–Crippen MR) is 131 cm³/mol. The highest BCUT2D eigenvalue weighted by atomic mass is 79.9. The van der Waals surface area contributed by atoms with E-state index in [4.69, 9.17) is 4.99 Å². The maximum Gasteiger partial charge on any atom is 0.433 e. The molecule has 1 spiro atoms. The highest BCUT2D eigenvalue weighted by Gasteiger charge is 2.49. The average molecular weight is 600 g/mol. The summed E-state index contributed by atoms with van der Waals surface area (Å²) in [5.41, 5.74) is 0.897. The average Bonchev–Trinajstić information content (AvgIpc) is 3.48.